The second kappa shape index (κ2) is 10.9. The van der Waals surface area contributed by atoms with Crippen LogP contribution < -0.4 is 5.32 Å². The SMILES string of the molecule is CCOC(=O)c1ccc(C)c(NC(=O)C2CCCN(Cc3nc(-c4ccc(Br)cc4)no3)C2)c1. The second-order valence-corrected chi connectivity index (χ2v) is 9.25. The van der Waals surface area contributed by atoms with Crippen LogP contribution in [0.15, 0.2) is 51.5 Å². The highest BCUT2D eigenvalue weighted by Crippen LogP contribution is 2.24. The largest absolute Gasteiger partial charge is 0.462 e. The molecule has 1 saturated heterocycles. The van der Waals surface area contributed by atoms with E-state index in [9.17, 15) is 9.59 Å². The number of aromatic nitrogens is 2. The van der Waals surface area contributed by atoms with Crippen molar-refractivity contribution in [2.24, 2.45) is 5.92 Å². The topological polar surface area (TPSA) is 97.6 Å². The fourth-order valence-electron chi connectivity index (χ4n) is 3.97. The molecule has 1 aromatic heterocycles. The lowest BCUT2D eigenvalue weighted by Gasteiger charge is -2.31. The Labute approximate surface area is 206 Å². The van der Waals surface area contributed by atoms with Gasteiger partial charge in [-0.1, -0.05) is 27.2 Å². The van der Waals surface area contributed by atoms with Crippen LogP contribution in [0, 0.1) is 12.8 Å². The van der Waals surface area contributed by atoms with E-state index < -0.39 is 5.97 Å². The van der Waals surface area contributed by atoms with Crippen LogP contribution in [-0.4, -0.2) is 46.6 Å². The molecule has 0 spiro atoms. The minimum Gasteiger partial charge on any atom is -0.462 e. The maximum absolute atomic E-state index is 13.0. The Balaban J connectivity index is 1.37. The van der Waals surface area contributed by atoms with Crippen LogP contribution in [0.4, 0.5) is 5.69 Å². The maximum Gasteiger partial charge on any atom is 0.338 e. The first kappa shape index (κ1) is 24.1. The molecule has 0 radical (unpaired) electrons. The predicted octanol–water partition coefficient (Wildman–Crippen LogP) is 4.83. The molecule has 2 aromatic carbocycles. The first-order valence-corrected chi connectivity index (χ1v) is 12.1. The first-order chi connectivity index (χ1) is 16.4. The number of rotatable bonds is 7. The molecule has 0 bridgehead atoms. The molecule has 178 valence electrons. The average Bonchev–Trinajstić information content (AvgIpc) is 3.29. The number of benzene rings is 2. The third kappa shape index (κ3) is 5.90. The highest BCUT2D eigenvalue weighted by atomic mass is 79.9. The van der Waals surface area contributed by atoms with Gasteiger partial charge in [-0.25, -0.2) is 4.79 Å². The number of esters is 1. The number of ether oxygens (including phenoxy) is 1. The maximum atomic E-state index is 13.0. The van der Waals surface area contributed by atoms with Gasteiger partial charge >= 0.3 is 5.97 Å². The summed E-state index contributed by atoms with van der Waals surface area (Å²) in [6.07, 6.45) is 1.70. The summed E-state index contributed by atoms with van der Waals surface area (Å²) in [6, 6.07) is 12.9. The van der Waals surface area contributed by atoms with E-state index in [1.807, 2.05) is 37.3 Å². The summed E-state index contributed by atoms with van der Waals surface area (Å²) in [5, 5.41) is 7.09. The number of nitrogens with zero attached hydrogens (tertiary/aromatic N) is 3. The van der Waals surface area contributed by atoms with Crippen molar-refractivity contribution in [3.05, 3.63) is 64.0 Å². The summed E-state index contributed by atoms with van der Waals surface area (Å²) in [5.74, 6) is 0.440. The lowest BCUT2D eigenvalue weighted by atomic mass is 9.96. The molecular weight excluding hydrogens is 500 g/mol. The van der Waals surface area contributed by atoms with Crippen molar-refractivity contribution in [1.29, 1.82) is 0 Å². The molecule has 4 rings (SSSR count). The third-order valence-corrected chi connectivity index (χ3v) is 6.34. The van der Waals surface area contributed by atoms with Gasteiger partial charge < -0.3 is 14.6 Å². The van der Waals surface area contributed by atoms with Gasteiger partial charge in [-0.3, -0.25) is 9.69 Å². The molecule has 3 aromatic rings. The molecule has 1 amide bonds. The predicted molar refractivity (Wildman–Crippen MR) is 131 cm³/mol. The second-order valence-electron chi connectivity index (χ2n) is 8.33. The molecule has 1 fully saturated rings. The van der Waals surface area contributed by atoms with Gasteiger partial charge in [0.2, 0.25) is 17.6 Å². The van der Waals surface area contributed by atoms with Crippen LogP contribution >= 0.6 is 15.9 Å². The number of halogens is 1. The van der Waals surface area contributed by atoms with E-state index in [-0.39, 0.29) is 11.8 Å². The lowest BCUT2D eigenvalue weighted by Crippen LogP contribution is -2.40. The minimum atomic E-state index is -0.399. The molecule has 1 atom stereocenters. The first-order valence-electron chi connectivity index (χ1n) is 11.3. The molecule has 1 aliphatic rings. The van der Waals surface area contributed by atoms with Crippen LogP contribution in [0.3, 0.4) is 0 Å². The van der Waals surface area contributed by atoms with Crippen molar-refractivity contribution in [2.75, 3.05) is 25.0 Å². The number of carbonyl (C=O) groups is 2. The molecule has 1 N–H and O–H groups in total. The Morgan fingerprint density at radius 2 is 2.03 bits per heavy atom. The number of likely N-dealkylation sites (tertiary alicyclic amines) is 1. The number of piperidine rings is 1. The van der Waals surface area contributed by atoms with Crippen LogP contribution in [-0.2, 0) is 16.1 Å². The molecule has 1 aliphatic heterocycles. The highest BCUT2D eigenvalue weighted by molar-refractivity contribution is 9.10. The third-order valence-electron chi connectivity index (χ3n) is 5.81. The van der Waals surface area contributed by atoms with E-state index in [1.54, 1.807) is 19.1 Å². The van der Waals surface area contributed by atoms with Gasteiger partial charge in [0, 0.05) is 22.3 Å². The Bertz CT molecular complexity index is 1160. The summed E-state index contributed by atoms with van der Waals surface area (Å²) >= 11 is 3.42. The van der Waals surface area contributed by atoms with Crippen molar-refractivity contribution in [3.63, 3.8) is 0 Å². The van der Waals surface area contributed by atoms with Crippen molar-refractivity contribution in [2.45, 2.75) is 33.2 Å². The fourth-order valence-corrected chi connectivity index (χ4v) is 4.24. The quantitative estimate of drug-likeness (QED) is 0.440. The number of carbonyl (C=O) groups excluding carboxylic acids is 2. The fraction of sp³-hybridized carbons (Fsp3) is 0.360. The van der Waals surface area contributed by atoms with Crippen molar-refractivity contribution < 1.29 is 18.8 Å². The zero-order chi connectivity index (χ0) is 24.1. The Hall–Kier alpha value is -3.04. The molecule has 34 heavy (non-hydrogen) atoms. The van der Waals surface area contributed by atoms with Gasteiger partial charge in [0.25, 0.3) is 0 Å². The molecule has 9 heteroatoms. The molecule has 1 unspecified atom stereocenters. The van der Waals surface area contributed by atoms with Crippen molar-refractivity contribution >= 4 is 33.5 Å². The number of aryl methyl sites for hydroxylation is 1. The number of hydrogen-bond acceptors (Lipinski definition) is 7. The normalized spacial score (nSPS) is 16.3. The summed E-state index contributed by atoms with van der Waals surface area (Å²) in [4.78, 5) is 31.8. The van der Waals surface area contributed by atoms with Gasteiger partial charge in [-0.05, 0) is 75.2 Å². The summed E-state index contributed by atoms with van der Waals surface area (Å²) in [5.41, 5.74) is 2.82. The van der Waals surface area contributed by atoms with E-state index >= 15 is 0 Å². The van der Waals surface area contributed by atoms with Gasteiger partial charge in [0.15, 0.2) is 0 Å². The Kier molecular flexibility index (Phi) is 7.74. The Morgan fingerprint density at radius 3 is 2.79 bits per heavy atom. The van der Waals surface area contributed by atoms with E-state index in [0.717, 1.165) is 35.0 Å². The monoisotopic (exact) mass is 526 g/mol. The van der Waals surface area contributed by atoms with Gasteiger partial charge in [-0.2, -0.15) is 4.98 Å². The molecule has 2 heterocycles. The molecule has 0 aliphatic carbocycles. The highest BCUT2D eigenvalue weighted by Gasteiger charge is 2.27. The smallest absolute Gasteiger partial charge is 0.338 e. The number of amides is 1. The van der Waals surface area contributed by atoms with Crippen LogP contribution in [0.1, 0.15) is 41.6 Å². The number of anilines is 1. The number of nitrogens with one attached hydrogen (secondary N) is 1. The molecular formula is C25H27BrN4O4. The van der Waals surface area contributed by atoms with E-state index in [2.05, 4.69) is 36.3 Å². The van der Waals surface area contributed by atoms with Crippen LogP contribution in [0.25, 0.3) is 11.4 Å². The van der Waals surface area contributed by atoms with Gasteiger partial charge in [0.1, 0.15) is 0 Å². The standard InChI is InChI=1S/C25H27BrN4O4/c1-3-33-25(32)18-7-6-16(2)21(13-18)27-24(31)19-5-4-12-30(14-19)15-22-28-23(29-34-22)17-8-10-20(26)11-9-17/h6-11,13,19H,3-5,12,14-15H2,1-2H3,(H,27,31). The van der Waals surface area contributed by atoms with E-state index in [0.29, 0.717) is 42.7 Å². The zero-order valence-corrected chi connectivity index (χ0v) is 20.8. The van der Waals surface area contributed by atoms with Crippen molar-refractivity contribution in [3.8, 4) is 11.4 Å². The minimum absolute atomic E-state index is 0.0603. The summed E-state index contributed by atoms with van der Waals surface area (Å²) < 4.78 is 11.5. The van der Waals surface area contributed by atoms with Crippen LogP contribution in [0.2, 0.25) is 0 Å². The molecule has 8 nitrogen and oxygen atoms in total. The molecule has 0 saturated carbocycles. The van der Waals surface area contributed by atoms with Gasteiger partial charge in [-0.15, -0.1) is 0 Å². The lowest BCUT2D eigenvalue weighted by molar-refractivity contribution is -0.121. The average molecular weight is 527 g/mol. The Morgan fingerprint density at radius 1 is 1.24 bits per heavy atom. The summed E-state index contributed by atoms with van der Waals surface area (Å²) in [6.45, 7) is 5.91. The zero-order valence-electron chi connectivity index (χ0n) is 19.2. The van der Waals surface area contributed by atoms with E-state index in [1.165, 1.54) is 0 Å². The van der Waals surface area contributed by atoms with E-state index in [4.69, 9.17) is 9.26 Å². The van der Waals surface area contributed by atoms with Gasteiger partial charge in [0.05, 0.1) is 24.6 Å². The van der Waals surface area contributed by atoms with Crippen LogP contribution in [0.5, 0.6) is 0 Å². The number of hydrogen-bond donors (Lipinski definition) is 1. The summed E-state index contributed by atoms with van der Waals surface area (Å²) in [7, 11) is 0. The van der Waals surface area contributed by atoms with Crippen molar-refractivity contribution in [1.82, 2.24) is 15.0 Å².